The van der Waals surface area contributed by atoms with Gasteiger partial charge in [-0.25, -0.2) is 4.79 Å². The van der Waals surface area contributed by atoms with E-state index in [4.69, 9.17) is 10.2 Å². The fourth-order valence-corrected chi connectivity index (χ4v) is 1.47. The molecule has 0 aliphatic heterocycles. The third kappa shape index (κ3) is 1.93. The highest BCUT2D eigenvalue weighted by molar-refractivity contribution is 5.85. The van der Waals surface area contributed by atoms with Gasteiger partial charge in [0.1, 0.15) is 0 Å². The van der Waals surface area contributed by atoms with Crippen molar-refractivity contribution >= 4 is 22.5 Å². The van der Waals surface area contributed by atoms with E-state index < -0.39 is 5.76 Å². The van der Waals surface area contributed by atoms with E-state index in [-0.39, 0.29) is 0 Å². The van der Waals surface area contributed by atoms with Crippen molar-refractivity contribution in [2.45, 2.75) is 6.42 Å². The van der Waals surface area contributed by atoms with E-state index in [2.05, 4.69) is 16.9 Å². The number of nitrogens with two attached hydrogens (primary N) is 1. The highest BCUT2D eigenvalue weighted by Crippen LogP contribution is 2.24. The van der Waals surface area contributed by atoms with Gasteiger partial charge in [-0.1, -0.05) is 6.08 Å². The van der Waals surface area contributed by atoms with Crippen LogP contribution in [0.1, 0.15) is 6.42 Å². The first-order valence-corrected chi connectivity index (χ1v) is 4.98. The van der Waals surface area contributed by atoms with Crippen LogP contribution in [0.3, 0.4) is 0 Å². The first-order chi connectivity index (χ1) is 7.70. The molecule has 84 valence electrons. The topological polar surface area (TPSA) is 84.0 Å². The van der Waals surface area contributed by atoms with Gasteiger partial charge < -0.3 is 15.5 Å². The molecule has 0 atom stereocenters. The van der Waals surface area contributed by atoms with E-state index in [9.17, 15) is 4.79 Å². The van der Waals surface area contributed by atoms with Crippen LogP contribution in [0.4, 0.5) is 11.4 Å². The van der Waals surface area contributed by atoms with Crippen LogP contribution in [-0.4, -0.2) is 11.5 Å². The Morgan fingerprint density at radius 3 is 3.12 bits per heavy atom. The molecular formula is C11H13N3O2. The van der Waals surface area contributed by atoms with Crippen molar-refractivity contribution in [2.24, 2.45) is 0 Å². The molecule has 0 spiro atoms. The normalized spacial score (nSPS) is 10.5. The van der Waals surface area contributed by atoms with Crippen molar-refractivity contribution < 1.29 is 4.42 Å². The average Bonchev–Trinajstić information content (AvgIpc) is 2.58. The van der Waals surface area contributed by atoms with Gasteiger partial charge in [-0.05, 0) is 12.5 Å². The van der Waals surface area contributed by atoms with E-state index in [0.29, 0.717) is 16.8 Å². The van der Waals surface area contributed by atoms with Gasteiger partial charge in [-0.3, -0.25) is 4.98 Å². The number of nitrogen functional groups attached to an aromatic ring is 1. The molecule has 0 aliphatic carbocycles. The molecule has 5 heteroatoms. The molecule has 0 amide bonds. The number of nitrogens with one attached hydrogen (secondary N) is 2. The van der Waals surface area contributed by atoms with Gasteiger partial charge in [0.25, 0.3) is 0 Å². The third-order valence-corrected chi connectivity index (χ3v) is 2.26. The van der Waals surface area contributed by atoms with Crippen LogP contribution >= 0.6 is 0 Å². The Kier molecular flexibility index (Phi) is 2.68. The van der Waals surface area contributed by atoms with Crippen molar-refractivity contribution in [1.29, 1.82) is 0 Å². The lowest BCUT2D eigenvalue weighted by atomic mass is 10.2. The Morgan fingerprint density at radius 1 is 1.56 bits per heavy atom. The minimum absolute atomic E-state index is 0.469. The predicted molar refractivity (Wildman–Crippen MR) is 64.6 cm³/mol. The predicted octanol–water partition coefficient (Wildman–Crippen LogP) is 1.69. The number of hydrogen-bond acceptors (Lipinski definition) is 4. The number of oxazole rings is 1. The van der Waals surface area contributed by atoms with Crippen molar-refractivity contribution in [1.82, 2.24) is 4.98 Å². The van der Waals surface area contributed by atoms with Gasteiger partial charge in [0, 0.05) is 12.6 Å². The molecule has 0 unspecified atom stereocenters. The van der Waals surface area contributed by atoms with Crippen LogP contribution in [0.5, 0.6) is 0 Å². The van der Waals surface area contributed by atoms with Crippen LogP contribution in [-0.2, 0) is 0 Å². The molecule has 5 nitrogen and oxygen atoms in total. The summed E-state index contributed by atoms with van der Waals surface area (Å²) in [7, 11) is 0. The highest BCUT2D eigenvalue weighted by atomic mass is 16.4. The molecule has 0 aliphatic rings. The van der Waals surface area contributed by atoms with Crippen LogP contribution < -0.4 is 16.8 Å². The van der Waals surface area contributed by atoms with Crippen LogP contribution in [0.15, 0.2) is 34.0 Å². The standard InChI is InChI=1S/C11H13N3O2/c1-2-3-4-13-8-6-9-10(5-7(8)12)16-11(15)14-9/h2,5-6,13H,1,3-4,12H2,(H,14,15). The monoisotopic (exact) mass is 219 g/mol. The van der Waals surface area contributed by atoms with Crippen LogP contribution in [0.25, 0.3) is 11.1 Å². The molecule has 1 heterocycles. The highest BCUT2D eigenvalue weighted by Gasteiger charge is 2.05. The van der Waals surface area contributed by atoms with Crippen molar-refractivity contribution in [3.05, 3.63) is 35.3 Å². The lowest BCUT2D eigenvalue weighted by molar-refractivity contribution is 0.555. The molecule has 1 aromatic carbocycles. The second-order valence-corrected chi connectivity index (χ2v) is 3.45. The lowest BCUT2D eigenvalue weighted by Crippen LogP contribution is -2.03. The summed E-state index contributed by atoms with van der Waals surface area (Å²) in [5, 5.41) is 3.16. The maximum absolute atomic E-state index is 11.0. The Bertz CT molecular complexity index is 568. The fourth-order valence-electron chi connectivity index (χ4n) is 1.47. The molecule has 2 rings (SSSR count). The molecule has 1 aromatic heterocycles. The fraction of sp³-hybridized carbons (Fsp3) is 0.182. The molecule has 0 radical (unpaired) electrons. The molecule has 0 fully saturated rings. The van der Waals surface area contributed by atoms with Crippen molar-refractivity contribution in [3.8, 4) is 0 Å². The molecule has 0 bridgehead atoms. The Balaban J connectivity index is 2.33. The Labute approximate surface area is 91.9 Å². The van der Waals surface area contributed by atoms with Crippen molar-refractivity contribution in [2.75, 3.05) is 17.6 Å². The van der Waals surface area contributed by atoms with E-state index >= 15 is 0 Å². The summed E-state index contributed by atoms with van der Waals surface area (Å²) in [6, 6.07) is 3.39. The van der Waals surface area contributed by atoms with Gasteiger partial charge in [0.2, 0.25) is 0 Å². The minimum Gasteiger partial charge on any atom is -0.408 e. The quantitative estimate of drug-likeness (QED) is 0.415. The van der Waals surface area contributed by atoms with Gasteiger partial charge in [-0.2, -0.15) is 0 Å². The van der Waals surface area contributed by atoms with E-state index in [1.807, 2.05) is 6.08 Å². The summed E-state index contributed by atoms with van der Waals surface area (Å²) in [5.41, 5.74) is 8.26. The summed E-state index contributed by atoms with van der Waals surface area (Å²) < 4.78 is 4.89. The number of aromatic nitrogens is 1. The summed E-state index contributed by atoms with van der Waals surface area (Å²) in [6.45, 7) is 4.39. The Hall–Kier alpha value is -2.17. The molecule has 4 N–H and O–H groups in total. The number of benzene rings is 1. The largest absolute Gasteiger partial charge is 0.417 e. The SMILES string of the molecule is C=CCCNc1cc2[nH]c(=O)oc2cc1N. The first kappa shape index (κ1) is 10.4. The summed E-state index contributed by atoms with van der Waals surface area (Å²) >= 11 is 0. The summed E-state index contributed by atoms with van der Waals surface area (Å²) in [5.74, 6) is -0.474. The number of H-pyrrole nitrogens is 1. The lowest BCUT2D eigenvalue weighted by Gasteiger charge is -2.07. The molecular weight excluding hydrogens is 206 g/mol. The van der Waals surface area contributed by atoms with Crippen LogP contribution in [0, 0.1) is 0 Å². The zero-order chi connectivity index (χ0) is 11.5. The zero-order valence-electron chi connectivity index (χ0n) is 8.75. The molecule has 0 saturated heterocycles. The number of fused-ring (bicyclic) bond motifs is 1. The van der Waals surface area contributed by atoms with E-state index in [1.165, 1.54) is 0 Å². The second-order valence-electron chi connectivity index (χ2n) is 3.45. The number of rotatable bonds is 4. The Morgan fingerprint density at radius 2 is 2.38 bits per heavy atom. The number of anilines is 2. The maximum atomic E-state index is 11.0. The molecule has 16 heavy (non-hydrogen) atoms. The van der Waals surface area contributed by atoms with Gasteiger partial charge in [-0.15, -0.1) is 6.58 Å². The van der Waals surface area contributed by atoms with Gasteiger partial charge in [0.15, 0.2) is 5.58 Å². The summed E-state index contributed by atoms with van der Waals surface area (Å²) in [4.78, 5) is 13.6. The van der Waals surface area contributed by atoms with E-state index in [1.54, 1.807) is 12.1 Å². The van der Waals surface area contributed by atoms with Crippen molar-refractivity contribution in [3.63, 3.8) is 0 Å². The summed E-state index contributed by atoms with van der Waals surface area (Å²) in [6.07, 6.45) is 2.67. The molecule has 0 saturated carbocycles. The smallest absolute Gasteiger partial charge is 0.408 e. The van der Waals surface area contributed by atoms with Crippen LogP contribution in [0.2, 0.25) is 0 Å². The number of aromatic amines is 1. The van der Waals surface area contributed by atoms with Gasteiger partial charge in [0.05, 0.1) is 16.9 Å². The van der Waals surface area contributed by atoms with Gasteiger partial charge >= 0.3 is 5.76 Å². The average molecular weight is 219 g/mol. The van der Waals surface area contributed by atoms with E-state index in [0.717, 1.165) is 18.7 Å². The zero-order valence-corrected chi connectivity index (χ0v) is 8.75. The first-order valence-electron chi connectivity index (χ1n) is 4.98. The number of hydrogen-bond donors (Lipinski definition) is 3. The maximum Gasteiger partial charge on any atom is 0.417 e. The molecule has 2 aromatic rings. The second kappa shape index (κ2) is 4.14. The third-order valence-electron chi connectivity index (χ3n) is 2.26. The minimum atomic E-state index is -0.474.